The minimum Gasteiger partial charge on any atom is -0.322 e. The molecular formula is C15H10INO. The lowest BCUT2D eigenvalue weighted by molar-refractivity contribution is 0.102. The molecule has 1 amide bonds. The van der Waals surface area contributed by atoms with Crippen molar-refractivity contribution in [3.63, 3.8) is 0 Å². The van der Waals surface area contributed by atoms with Gasteiger partial charge in [-0.1, -0.05) is 18.1 Å². The Morgan fingerprint density at radius 2 is 1.94 bits per heavy atom. The molecule has 0 saturated carbocycles. The van der Waals surface area contributed by atoms with Gasteiger partial charge in [0.15, 0.2) is 0 Å². The molecule has 0 atom stereocenters. The standard InChI is InChI=1S/C15H10INO/c1-2-11-5-3-8-14(9-11)17-15(18)12-6-4-7-13(16)10-12/h1,3-10H,(H,17,18). The van der Waals surface area contributed by atoms with Gasteiger partial charge in [-0.25, -0.2) is 0 Å². The topological polar surface area (TPSA) is 29.1 Å². The number of terminal acetylenes is 1. The Bertz CT molecular complexity index is 628. The average molecular weight is 347 g/mol. The Hall–Kier alpha value is -1.80. The number of benzene rings is 2. The maximum absolute atomic E-state index is 12.0. The van der Waals surface area contributed by atoms with Crippen LogP contribution < -0.4 is 5.32 Å². The number of amides is 1. The molecule has 0 fully saturated rings. The zero-order valence-electron chi connectivity index (χ0n) is 9.48. The Kier molecular flexibility index (Phi) is 4.00. The molecule has 0 radical (unpaired) electrons. The third-order valence-electron chi connectivity index (χ3n) is 2.37. The van der Waals surface area contributed by atoms with E-state index in [9.17, 15) is 4.79 Å². The van der Waals surface area contributed by atoms with Crippen molar-refractivity contribution in [3.05, 3.63) is 63.2 Å². The monoisotopic (exact) mass is 347 g/mol. The number of halogens is 1. The summed E-state index contributed by atoms with van der Waals surface area (Å²) in [6.45, 7) is 0. The van der Waals surface area contributed by atoms with E-state index in [2.05, 4.69) is 33.8 Å². The molecule has 0 aliphatic carbocycles. The van der Waals surface area contributed by atoms with Crippen molar-refractivity contribution < 1.29 is 4.79 Å². The molecule has 88 valence electrons. The highest BCUT2D eigenvalue weighted by atomic mass is 127. The second-order valence-corrected chi connectivity index (χ2v) is 4.94. The second-order valence-electron chi connectivity index (χ2n) is 3.69. The van der Waals surface area contributed by atoms with Crippen LogP contribution in [0.5, 0.6) is 0 Å². The summed E-state index contributed by atoms with van der Waals surface area (Å²) >= 11 is 2.17. The molecule has 2 aromatic carbocycles. The first-order valence-electron chi connectivity index (χ1n) is 5.32. The predicted octanol–water partition coefficient (Wildman–Crippen LogP) is 3.52. The van der Waals surface area contributed by atoms with Gasteiger partial charge in [0.1, 0.15) is 0 Å². The Morgan fingerprint density at radius 3 is 2.67 bits per heavy atom. The SMILES string of the molecule is C#Cc1cccc(NC(=O)c2cccc(I)c2)c1. The number of anilines is 1. The number of hydrogen-bond donors (Lipinski definition) is 1. The lowest BCUT2D eigenvalue weighted by Gasteiger charge is -2.06. The van der Waals surface area contributed by atoms with Gasteiger partial charge in [-0.2, -0.15) is 0 Å². The number of carbonyl (C=O) groups excluding carboxylic acids is 1. The minimum absolute atomic E-state index is 0.136. The molecule has 0 aliphatic heterocycles. The van der Waals surface area contributed by atoms with Crippen LogP contribution in [0.3, 0.4) is 0 Å². The van der Waals surface area contributed by atoms with Gasteiger partial charge >= 0.3 is 0 Å². The lowest BCUT2D eigenvalue weighted by Crippen LogP contribution is -2.11. The van der Waals surface area contributed by atoms with Crippen molar-refractivity contribution in [2.24, 2.45) is 0 Å². The van der Waals surface area contributed by atoms with Crippen LogP contribution in [-0.2, 0) is 0 Å². The minimum atomic E-state index is -0.136. The van der Waals surface area contributed by atoms with Crippen molar-refractivity contribution in [3.8, 4) is 12.3 Å². The number of carbonyl (C=O) groups is 1. The molecule has 0 bridgehead atoms. The molecule has 1 N–H and O–H groups in total. The number of nitrogens with one attached hydrogen (secondary N) is 1. The van der Waals surface area contributed by atoms with Crippen LogP contribution >= 0.6 is 22.6 Å². The Labute approximate surface area is 120 Å². The van der Waals surface area contributed by atoms with E-state index in [-0.39, 0.29) is 5.91 Å². The quantitative estimate of drug-likeness (QED) is 0.654. The van der Waals surface area contributed by atoms with Crippen molar-refractivity contribution in [2.45, 2.75) is 0 Å². The van der Waals surface area contributed by atoms with Gasteiger partial charge in [0.25, 0.3) is 5.91 Å². The first kappa shape index (κ1) is 12.7. The van der Waals surface area contributed by atoms with Crippen molar-refractivity contribution >= 4 is 34.2 Å². The molecule has 2 rings (SSSR count). The summed E-state index contributed by atoms with van der Waals surface area (Å²) in [5.41, 5.74) is 2.08. The van der Waals surface area contributed by atoms with E-state index >= 15 is 0 Å². The molecule has 2 nitrogen and oxygen atoms in total. The van der Waals surface area contributed by atoms with Gasteiger partial charge in [-0.15, -0.1) is 6.42 Å². The first-order valence-corrected chi connectivity index (χ1v) is 6.40. The van der Waals surface area contributed by atoms with Crippen LogP contribution in [0.1, 0.15) is 15.9 Å². The third kappa shape index (κ3) is 3.11. The highest BCUT2D eigenvalue weighted by Crippen LogP contribution is 2.13. The van der Waals surface area contributed by atoms with Gasteiger partial charge in [-0.05, 0) is 59.0 Å². The molecule has 0 aromatic heterocycles. The largest absolute Gasteiger partial charge is 0.322 e. The van der Waals surface area contributed by atoms with Gasteiger partial charge in [-0.3, -0.25) is 4.79 Å². The predicted molar refractivity (Wildman–Crippen MR) is 81.5 cm³/mol. The molecule has 18 heavy (non-hydrogen) atoms. The summed E-state index contributed by atoms with van der Waals surface area (Å²) in [7, 11) is 0. The van der Waals surface area contributed by atoms with Gasteiger partial charge in [0.05, 0.1) is 0 Å². The second kappa shape index (κ2) is 5.69. The fourth-order valence-electron chi connectivity index (χ4n) is 1.52. The molecule has 0 spiro atoms. The van der Waals surface area contributed by atoms with Crippen LogP contribution in [-0.4, -0.2) is 5.91 Å². The molecule has 2 aromatic rings. The molecule has 0 heterocycles. The molecule has 0 saturated heterocycles. The van der Waals surface area contributed by atoms with Gasteiger partial charge in [0.2, 0.25) is 0 Å². The maximum Gasteiger partial charge on any atom is 0.255 e. The summed E-state index contributed by atoms with van der Waals surface area (Å²) in [5, 5.41) is 2.82. The molecule has 3 heteroatoms. The molecule has 0 unspecified atom stereocenters. The first-order chi connectivity index (χ1) is 8.69. The van der Waals surface area contributed by atoms with Crippen LogP contribution in [0.2, 0.25) is 0 Å². The van der Waals surface area contributed by atoms with Crippen molar-refractivity contribution in [1.29, 1.82) is 0 Å². The summed E-state index contributed by atoms with van der Waals surface area (Å²) in [5.74, 6) is 2.40. The van der Waals surface area contributed by atoms with Crippen LogP contribution in [0.15, 0.2) is 48.5 Å². The van der Waals surface area contributed by atoms with Crippen molar-refractivity contribution in [1.82, 2.24) is 0 Å². The third-order valence-corrected chi connectivity index (χ3v) is 3.04. The maximum atomic E-state index is 12.0. The van der Waals surface area contributed by atoms with E-state index < -0.39 is 0 Å². The summed E-state index contributed by atoms with van der Waals surface area (Å²) < 4.78 is 1.03. The van der Waals surface area contributed by atoms with E-state index in [1.807, 2.05) is 36.4 Å². The van der Waals surface area contributed by atoms with E-state index in [1.165, 1.54) is 0 Å². The van der Waals surface area contributed by atoms with E-state index in [1.54, 1.807) is 12.1 Å². The zero-order valence-corrected chi connectivity index (χ0v) is 11.6. The smallest absolute Gasteiger partial charge is 0.255 e. The van der Waals surface area contributed by atoms with Gasteiger partial charge < -0.3 is 5.32 Å². The highest BCUT2D eigenvalue weighted by molar-refractivity contribution is 14.1. The fraction of sp³-hybridized carbons (Fsp3) is 0. The average Bonchev–Trinajstić information content (AvgIpc) is 2.39. The van der Waals surface area contributed by atoms with E-state index in [4.69, 9.17) is 6.42 Å². The summed E-state index contributed by atoms with van der Waals surface area (Å²) in [4.78, 5) is 12.0. The van der Waals surface area contributed by atoms with E-state index in [0.717, 1.165) is 9.13 Å². The number of rotatable bonds is 2. The zero-order chi connectivity index (χ0) is 13.0. The summed E-state index contributed by atoms with van der Waals surface area (Å²) in [6, 6.07) is 14.6. The Morgan fingerprint density at radius 1 is 1.17 bits per heavy atom. The summed E-state index contributed by atoms with van der Waals surface area (Å²) in [6.07, 6.45) is 5.32. The van der Waals surface area contributed by atoms with Gasteiger partial charge in [0, 0.05) is 20.4 Å². The molecular weight excluding hydrogens is 337 g/mol. The van der Waals surface area contributed by atoms with Crippen LogP contribution in [0.25, 0.3) is 0 Å². The van der Waals surface area contributed by atoms with Crippen LogP contribution in [0, 0.1) is 15.9 Å². The fourth-order valence-corrected chi connectivity index (χ4v) is 2.06. The normalized spacial score (nSPS) is 9.56. The Balaban J connectivity index is 2.19. The lowest BCUT2D eigenvalue weighted by atomic mass is 10.2. The highest BCUT2D eigenvalue weighted by Gasteiger charge is 2.06. The molecule has 0 aliphatic rings. The van der Waals surface area contributed by atoms with E-state index in [0.29, 0.717) is 11.3 Å². The van der Waals surface area contributed by atoms with Crippen LogP contribution in [0.4, 0.5) is 5.69 Å². The van der Waals surface area contributed by atoms with Crippen molar-refractivity contribution in [2.75, 3.05) is 5.32 Å². The number of hydrogen-bond acceptors (Lipinski definition) is 1.